The van der Waals surface area contributed by atoms with Crippen molar-refractivity contribution < 1.29 is 14.3 Å². The molecule has 3 rings (SSSR count). The number of hydrogen-bond acceptors (Lipinski definition) is 4. The molecule has 138 valence electrons. The van der Waals surface area contributed by atoms with E-state index in [1.807, 2.05) is 28.8 Å². The number of ether oxygens (including phenoxy) is 1. The molecule has 2 aromatic rings. The number of hydrogen-bond donors (Lipinski definition) is 2. The second-order valence-electron chi connectivity index (χ2n) is 6.24. The van der Waals surface area contributed by atoms with Crippen LogP contribution in [-0.2, 0) is 27.3 Å². The van der Waals surface area contributed by atoms with Crippen LogP contribution in [0.25, 0.3) is 11.0 Å². The van der Waals surface area contributed by atoms with E-state index in [1.165, 1.54) is 0 Å². The lowest BCUT2D eigenvalue weighted by molar-refractivity contribution is -0.130. The summed E-state index contributed by atoms with van der Waals surface area (Å²) in [6.07, 6.45) is 3.55. The van der Waals surface area contributed by atoms with Gasteiger partial charge < -0.3 is 19.9 Å². The predicted molar refractivity (Wildman–Crippen MR) is 98.6 cm³/mol. The standard InChI is InChI=1S/C19H24N4O3/c1-2-10-20-18(24)13-23-15-7-4-3-6-14(15)22-17(23)9-11-21-19(25)16-8-5-12-26-16/h2-4,6-7,16H,1,5,8-13H2,(H,20,24)(H,21,25). The van der Waals surface area contributed by atoms with Gasteiger partial charge in [-0.25, -0.2) is 4.98 Å². The lowest BCUT2D eigenvalue weighted by Gasteiger charge is -2.12. The number of nitrogens with zero attached hydrogens (tertiary/aromatic N) is 2. The molecule has 1 aromatic carbocycles. The van der Waals surface area contributed by atoms with E-state index in [0.29, 0.717) is 26.1 Å². The van der Waals surface area contributed by atoms with Gasteiger partial charge in [0.05, 0.1) is 11.0 Å². The van der Waals surface area contributed by atoms with Gasteiger partial charge in [-0.3, -0.25) is 9.59 Å². The minimum atomic E-state index is -0.335. The molecule has 0 radical (unpaired) electrons. The summed E-state index contributed by atoms with van der Waals surface area (Å²) in [5.41, 5.74) is 1.74. The van der Waals surface area contributed by atoms with E-state index < -0.39 is 0 Å². The summed E-state index contributed by atoms with van der Waals surface area (Å²) < 4.78 is 7.28. The molecule has 0 bridgehead atoms. The Labute approximate surface area is 152 Å². The van der Waals surface area contributed by atoms with Crippen LogP contribution < -0.4 is 10.6 Å². The Kier molecular flexibility index (Phi) is 6.01. The van der Waals surface area contributed by atoms with Gasteiger partial charge in [0.2, 0.25) is 11.8 Å². The molecule has 1 aliphatic heterocycles. The number of fused-ring (bicyclic) bond motifs is 1. The maximum absolute atomic E-state index is 12.1. The number of rotatable bonds is 8. The van der Waals surface area contributed by atoms with E-state index in [-0.39, 0.29) is 24.5 Å². The topological polar surface area (TPSA) is 85.2 Å². The number of para-hydroxylation sites is 2. The molecule has 1 saturated heterocycles. The molecule has 7 nitrogen and oxygen atoms in total. The van der Waals surface area contributed by atoms with Crippen molar-refractivity contribution in [1.29, 1.82) is 0 Å². The van der Waals surface area contributed by atoms with Gasteiger partial charge in [0.15, 0.2) is 0 Å². The van der Waals surface area contributed by atoms with Crippen LogP contribution in [-0.4, -0.2) is 47.2 Å². The first-order chi connectivity index (χ1) is 12.7. The summed E-state index contributed by atoms with van der Waals surface area (Å²) in [6, 6.07) is 7.70. The number of carbonyl (C=O) groups excluding carboxylic acids is 2. The van der Waals surface area contributed by atoms with Gasteiger partial charge >= 0.3 is 0 Å². The first-order valence-corrected chi connectivity index (χ1v) is 8.90. The Balaban J connectivity index is 1.68. The van der Waals surface area contributed by atoms with E-state index in [4.69, 9.17) is 4.74 Å². The Morgan fingerprint density at radius 1 is 1.35 bits per heavy atom. The average Bonchev–Trinajstić information content (AvgIpc) is 3.29. The molecule has 2 heterocycles. The maximum atomic E-state index is 12.1. The highest BCUT2D eigenvalue weighted by atomic mass is 16.5. The highest BCUT2D eigenvalue weighted by molar-refractivity contribution is 5.82. The lowest BCUT2D eigenvalue weighted by Crippen LogP contribution is -2.35. The summed E-state index contributed by atoms with van der Waals surface area (Å²) in [5.74, 6) is 0.596. The van der Waals surface area contributed by atoms with Crippen LogP contribution in [0.4, 0.5) is 0 Å². The molecular formula is C19H24N4O3. The van der Waals surface area contributed by atoms with Gasteiger partial charge in [-0.1, -0.05) is 18.2 Å². The Bertz CT molecular complexity index is 793. The summed E-state index contributed by atoms with van der Waals surface area (Å²) in [6.45, 7) is 5.32. The summed E-state index contributed by atoms with van der Waals surface area (Å²) in [5, 5.41) is 5.68. The lowest BCUT2D eigenvalue weighted by atomic mass is 10.2. The fraction of sp³-hybridized carbons (Fsp3) is 0.421. The third-order valence-electron chi connectivity index (χ3n) is 4.35. The van der Waals surface area contributed by atoms with Crippen molar-refractivity contribution in [2.75, 3.05) is 19.7 Å². The van der Waals surface area contributed by atoms with Crippen molar-refractivity contribution in [1.82, 2.24) is 20.2 Å². The Morgan fingerprint density at radius 3 is 2.96 bits per heavy atom. The number of imidazole rings is 1. The second-order valence-corrected chi connectivity index (χ2v) is 6.24. The van der Waals surface area contributed by atoms with Crippen LogP contribution in [0.5, 0.6) is 0 Å². The summed E-state index contributed by atoms with van der Waals surface area (Å²) in [4.78, 5) is 28.8. The van der Waals surface area contributed by atoms with Crippen LogP contribution in [0, 0.1) is 0 Å². The molecule has 26 heavy (non-hydrogen) atoms. The van der Waals surface area contributed by atoms with Gasteiger partial charge in [-0.05, 0) is 25.0 Å². The zero-order valence-corrected chi connectivity index (χ0v) is 14.7. The van der Waals surface area contributed by atoms with E-state index in [9.17, 15) is 9.59 Å². The normalized spacial score (nSPS) is 16.5. The van der Waals surface area contributed by atoms with Crippen LogP contribution in [0.1, 0.15) is 18.7 Å². The largest absolute Gasteiger partial charge is 0.368 e. The van der Waals surface area contributed by atoms with Crippen LogP contribution in [0.3, 0.4) is 0 Å². The molecule has 7 heteroatoms. The summed E-state index contributed by atoms with van der Waals surface area (Å²) in [7, 11) is 0. The highest BCUT2D eigenvalue weighted by Crippen LogP contribution is 2.16. The van der Waals surface area contributed by atoms with E-state index in [1.54, 1.807) is 6.08 Å². The van der Waals surface area contributed by atoms with E-state index >= 15 is 0 Å². The van der Waals surface area contributed by atoms with Crippen molar-refractivity contribution >= 4 is 22.8 Å². The monoisotopic (exact) mass is 356 g/mol. The minimum Gasteiger partial charge on any atom is -0.368 e. The van der Waals surface area contributed by atoms with Gasteiger partial charge in [0.1, 0.15) is 18.5 Å². The zero-order chi connectivity index (χ0) is 18.4. The third-order valence-corrected chi connectivity index (χ3v) is 4.35. The molecule has 1 unspecified atom stereocenters. The molecule has 2 N–H and O–H groups in total. The zero-order valence-electron chi connectivity index (χ0n) is 14.7. The highest BCUT2D eigenvalue weighted by Gasteiger charge is 2.23. The Hall–Kier alpha value is -2.67. The number of nitrogens with one attached hydrogen (secondary N) is 2. The van der Waals surface area contributed by atoms with Crippen molar-refractivity contribution in [2.45, 2.75) is 31.9 Å². The third kappa shape index (κ3) is 4.29. The van der Waals surface area contributed by atoms with E-state index in [2.05, 4.69) is 22.2 Å². The molecule has 0 saturated carbocycles. The quantitative estimate of drug-likeness (QED) is 0.696. The van der Waals surface area contributed by atoms with E-state index in [0.717, 1.165) is 29.7 Å². The van der Waals surface area contributed by atoms with Crippen molar-refractivity contribution in [3.8, 4) is 0 Å². The molecule has 1 aliphatic rings. The first kappa shape index (κ1) is 18.1. The summed E-state index contributed by atoms with van der Waals surface area (Å²) >= 11 is 0. The van der Waals surface area contributed by atoms with Crippen LogP contribution in [0.2, 0.25) is 0 Å². The SMILES string of the molecule is C=CCNC(=O)Cn1c(CCNC(=O)C2CCCO2)nc2ccccc21. The average molecular weight is 356 g/mol. The van der Waals surface area contributed by atoms with Gasteiger partial charge in [0, 0.05) is 26.1 Å². The van der Waals surface area contributed by atoms with Gasteiger partial charge in [-0.15, -0.1) is 6.58 Å². The Morgan fingerprint density at radius 2 is 2.19 bits per heavy atom. The van der Waals surface area contributed by atoms with Crippen LogP contribution in [0.15, 0.2) is 36.9 Å². The molecular weight excluding hydrogens is 332 g/mol. The molecule has 1 atom stereocenters. The second kappa shape index (κ2) is 8.62. The maximum Gasteiger partial charge on any atom is 0.249 e. The number of aromatic nitrogens is 2. The van der Waals surface area contributed by atoms with Crippen LogP contribution >= 0.6 is 0 Å². The van der Waals surface area contributed by atoms with Gasteiger partial charge in [-0.2, -0.15) is 0 Å². The fourth-order valence-electron chi connectivity index (χ4n) is 3.07. The fourth-order valence-corrected chi connectivity index (χ4v) is 3.07. The minimum absolute atomic E-state index is 0.0751. The first-order valence-electron chi connectivity index (χ1n) is 8.90. The molecule has 0 aliphatic carbocycles. The molecule has 1 aromatic heterocycles. The van der Waals surface area contributed by atoms with Crippen molar-refractivity contribution in [2.24, 2.45) is 0 Å². The molecule has 0 spiro atoms. The predicted octanol–water partition coefficient (Wildman–Crippen LogP) is 1.18. The molecule has 2 amide bonds. The number of benzene rings is 1. The van der Waals surface area contributed by atoms with Gasteiger partial charge in [0.25, 0.3) is 0 Å². The van der Waals surface area contributed by atoms with Crippen molar-refractivity contribution in [3.63, 3.8) is 0 Å². The van der Waals surface area contributed by atoms with Crippen molar-refractivity contribution in [3.05, 3.63) is 42.7 Å². The molecule has 1 fully saturated rings. The smallest absolute Gasteiger partial charge is 0.249 e. The number of carbonyl (C=O) groups is 2. The number of amides is 2.